The fraction of sp³-hybridized carbons (Fsp3) is 0.429. The zero-order valence-corrected chi connectivity index (χ0v) is 12.0. The average Bonchev–Trinajstić information content (AvgIpc) is 2.25. The smallest absolute Gasteiger partial charge is 0.481 e. The molecule has 0 aromatic heterocycles. The Kier molecular flexibility index (Phi) is 12.6. The largest absolute Gasteiger partial charge is 0.496 e. The summed E-state index contributed by atoms with van der Waals surface area (Å²) >= 11 is 0. The van der Waals surface area contributed by atoms with Crippen LogP contribution < -0.4 is 11.5 Å². The highest BCUT2D eigenvalue weighted by atomic mass is 31.2. The van der Waals surface area contributed by atoms with Crippen LogP contribution in [0, 0.1) is 0 Å². The molecule has 0 bridgehead atoms. The molecule has 0 aliphatic carbocycles. The fourth-order valence-corrected chi connectivity index (χ4v) is 0.714. The molecule has 0 aromatic rings. The standard InChI is InChI=1S/C6H8O7.CH4N2O.H3O5P/c7-3(8)1-6(13,5(11)12)2-4(9)10;2-1(3)4;1-5-6(2,3)4/h13H,1-2H2,(H,7,8)(H,9,10)(H,11,12);(H4,2,3,4);1H,(H2,2,3,4). The molecule has 0 aromatic carbocycles. The van der Waals surface area contributed by atoms with Crippen molar-refractivity contribution in [2.75, 3.05) is 0 Å². The van der Waals surface area contributed by atoms with Crippen LogP contribution in [0.1, 0.15) is 12.8 Å². The van der Waals surface area contributed by atoms with E-state index in [1.54, 1.807) is 0 Å². The quantitative estimate of drug-likeness (QED) is 0.132. The van der Waals surface area contributed by atoms with Crippen molar-refractivity contribution in [1.29, 1.82) is 0 Å². The molecule has 0 aliphatic rings. The number of hydrogen-bond donors (Lipinski definition) is 9. The van der Waals surface area contributed by atoms with Gasteiger partial charge in [0.2, 0.25) is 0 Å². The van der Waals surface area contributed by atoms with Gasteiger partial charge in [0, 0.05) is 0 Å². The third-order valence-corrected chi connectivity index (χ3v) is 1.60. The van der Waals surface area contributed by atoms with E-state index in [9.17, 15) is 18.9 Å². The summed E-state index contributed by atoms with van der Waals surface area (Å²) in [5.41, 5.74) is 5.76. The summed E-state index contributed by atoms with van der Waals surface area (Å²) in [6.07, 6.45) is -2.29. The molecule has 0 spiro atoms. The summed E-state index contributed by atoms with van der Waals surface area (Å²) < 4.78 is 11.8. The van der Waals surface area contributed by atoms with Gasteiger partial charge in [0.1, 0.15) is 0 Å². The summed E-state index contributed by atoms with van der Waals surface area (Å²) in [4.78, 5) is 54.4. The van der Waals surface area contributed by atoms with Gasteiger partial charge in [-0.05, 0) is 0 Å². The Morgan fingerprint density at radius 3 is 1.26 bits per heavy atom. The number of carbonyl (C=O) groups is 4. The third-order valence-electron chi connectivity index (χ3n) is 1.39. The van der Waals surface area contributed by atoms with Gasteiger partial charge in [-0.2, -0.15) is 0 Å². The van der Waals surface area contributed by atoms with Crippen molar-refractivity contribution in [3.05, 3.63) is 0 Å². The second-order valence-corrected chi connectivity index (χ2v) is 4.60. The molecular weight excluding hydrogens is 351 g/mol. The molecule has 0 heterocycles. The molecule has 11 N–H and O–H groups in total. The number of carbonyl (C=O) groups excluding carboxylic acids is 1. The third kappa shape index (κ3) is 22.1. The minimum absolute atomic E-state index is 0.833. The number of primary amides is 2. The van der Waals surface area contributed by atoms with Crippen molar-refractivity contribution >= 4 is 31.8 Å². The first-order chi connectivity index (χ1) is 10.1. The van der Waals surface area contributed by atoms with E-state index in [4.69, 9.17) is 40.3 Å². The van der Waals surface area contributed by atoms with E-state index in [-0.39, 0.29) is 0 Å². The van der Waals surface area contributed by atoms with Gasteiger partial charge < -0.3 is 41.7 Å². The summed E-state index contributed by atoms with van der Waals surface area (Å²) in [6, 6.07) is -0.833. The van der Waals surface area contributed by atoms with Crippen LogP contribution in [0.15, 0.2) is 0 Å². The number of aliphatic hydroxyl groups is 1. The van der Waals surface area contributed by atoms with Crippen LogP contribution in [0.4, 0.5) is 4.79 Å². The first-order valence-electron chi connectivity index (χ1n) is 4.90. The lowest BCUT2D eigenvalue weighted by Crippen LogP contribution is -2.42. The van der Waals surface area contributed by atoms with Crippen molar-refractivity contribution in [3.8, 4) is 0 Å². The maximum absolute atomic E-state index is 10.3. The molecule has 23 heavy (non-hydrogen) atoms. The highest BCUT2D eigenvalue weighted by molar-refractivity contribution is 7.46. The fourth-order valence-electron chi connectivity index (χ4n) is 0.714. The predicted molar refractivity (Wildman–Crippen MR) is 66.6 cm³/mol. The van der Waals surface area contributed by atoms with Gasteiger partial charge in [0.25, 0.3) is 0 Å². The van der Waals surface area contributed by atoms with Crippen LogP contribution in [-0.2, 0) is 23.6 Å². The Hall–Kier alpha value is -2.29. The molecule has 0 aliphatic heterocycles. The topological polar surface area (TPSA) is 288 Å². The van der Waals surface area contributed by atoms with Crippen LogP contribution in [0.3, 0.4) is 0 Å². The molecule has 0 fully saturated rings. The zero-order chi connectivity index (χ0) is 19.4. The van der Waals surface area contributed by atoms with Gasteiger partial charge in [0.05, 0.1) is 12.8 Å². The Balaban J connectivity index is -0.000000330. The molecule has 0 saturated heterocycles. The molecule has 0 rings (SSSR count). The average molecular weight is 366 g/mol. The summed E-state index contributed by atoms with van der Waals surface area (Å²) in [5, 5.41) is 41.0. The Labute approximate surface area is 126 Å². The lowest BCUT2D eigenvalue weighted by molar-refractivity contribution is -0.170. The van der Waals surface area contributed by atoms with E-state index in [0.717, 1.165) is 0 Å². The number of phosphoric acid groups is 1. The highest BCUT2D eigenvalue weighted by Gasteiger charge is 2.40. The first-order valence-corrected chi connectivity index (χ1v) is 6.43. The zero-order valence-electron chi connectivity index (χ0n) is 11.1. The molecule has 2 amide bonds. The number of urea groups is 1. The van der Waals surface area contributed by atoms with Crippen LogP contribution >= 0.6 is 7.82 Å². The van der Waals surface area contributed by atoms with E-state index < -0.39 is 50.2 Å². The molecule has 16 heteroatoms. The van der Waals surface area contributed by atoms with Crippen LogP contribution in [0.25, 0.3) is 0 Å². The lowest BCUT2D eigenvalue weighted by atomic mass is 9.96. The van der Waals surface area contributed by atoms with Crippen LogP contribution in [0.5, 0.6) is 0 Å². The van der Waals surface area contributed by atoms with Gasteiger partial charge in [-0.25, -0.2) is 19.4 Å². The normalized spacial score (nSPS) is 10.3. The van der Waals surface area contributed by atoms with Crippen LogP contribution in [0.2, 0.25) is 0 Å². The Bertz CT molecular complexity index is 451. The minimum Gasteiger partial charge on any atom is -0.481 e. The lowest BCUT2D eigenvalue weighted by Gasteiger charge is -2.18. The van der Waals surface area contributed by atoms with E-state index >= 15 is 0 Å². The van der Waals surface area contributed by atoms with Gasteiger partial charge in [-0.3, -0.25) is 9.59 Å². The van der Waals surface area contributed by atoms with Gasteiger partial charge in [-0.15, -0.1) is 4.67 Å². The monoisotopic (exact) mass is 366 g/mol. The number of carboxylic acid groups (broad SMARTS) is 3. The molecular formula is C7H15N2O13P. The molecule has 15 nitrogen and oxygen atoms in total. The van der Waals surface area contributed by atoms with Crippen molar-refractivity contribution in [2.45, 2.75) is 18.4 Å². The summed E-state index contributed by atoms with van der Waals surface area (Å²) in [7, 11) is -4.59. The summed E-state index contributed by atoms with van der Waals surface area (Å²) in [5.74, 6) is -5.02. The molecule has 0 radical (unpaired) electrons. The highest BCUT2D eigenvalue weighted by Crippen LogP contribution is 2.33. The Morgan fingerprint density at radius 2 is 1.17 bits per heavy atom. The molecule has 0 atom stereocenters. The van der Waals surface area contributed by atoms with E-state index in [2.05, 4.69) is 16.1 Å². The first kappa shape index (κ1) is 25.7. The number of amides is 2. The van der Waals surface area contributed by atoms with Crippen molar-refractivity contribution < 1.29 is 63.9 Å². The van der Waals surface area contributed by atoms with Gasteiger partial charge in [-0.1, -0.05) is 0 Å². The van der Waals surface area contributed by atoms with Crippen molar-refractivity contribution in [2.24, 2.45) is 11.5 Å². The second kappa shape index (κ2) is 11.3. The number of rotatable bonds is 6. The van der Waals surface area contributed by atoms with Crippen molar-refractivity contribution in [1.82, 2.24) is 0 Å². The predicted octanol–water partition coefficient (Wildman–Crippen LogP) is -2.66. The van der Waals surface area contributed by atoms with E-state index in [0.29, 0.717) is 0 Å². The van der Waals surface area contributed by atoms with Gasteiger partial charge >= 0.3 is 31.8 Å². The minimum atomic E-state index is -4.59. The molecule has 136 valence electrons. The summed E-state index contributed by atoms with van der Waals surface area (Å²) in [6.45, 7) is 0. The van der Waals surface area contributed by atoms with Crippen molar-refractivity contribution in [3.63, 3.8) is 0 Å². The maximum atomic E-state index is 10.3. The second-order valence-electron chi connectivity index (χ2n) is 3.45. The molecule has 0 saturated carbocycles. The van der Waals surface area contributed by atoms with Crippen LogP contribution in [-0.4, -0.2) is 65.0 Å². The number of nitrogens with two attached hydrogens (primary N) is 2. The van der Waals surface area contributed by atoms with E-state index in [1.165, 1.54) is 0 Å². The SMILES string of the molecule is NC(N)=O.O=C(O)CC(O)(CC(=O)O)C(=O)O.O=P(O)(O)OO. The molecule has 0 unspecified atom stereocenters. The van der Waals surface area contributed by atoms with Gasteiger partial charge in [0.15, 0.2) is 5.60 Å². The number of hydrogen-bond acceptors (Lipinski definition) is 8. The number of aliphatic carboxylic acids is 3. The Morgan fingerprint density at radius 1 is 0.957 bits per heavy atom. The van der Waals surface area contributed by atoms with E-state index in [1.807, 2.05) is 0 Å². The maximum Gasteiger partial charge on any atom is 0.496 e. The number of carboxylic acids is 3.